The number of amides is 4. The highest BCUT2D eigenvalue weighted by Crippen LogP contribution is 2.48. The number of fused-ring (bicyclic) bond motifs is 1. The van der Waals surface area contributed by atoms with E-state index in [-0.39, 0.29) is 41.1 Å². The van der Waals surface area contributed by atoms with Crippen molar-refractivity contribution < 1.29 is 28.1 Å². The fraction of sp³-hybridized carbons (Fsp3) is 0.409. The number of piperidine rings is 2. The smallest absolute Gasteiger partial charge is 0.262 e. The van der Waals surface area contributed by atoms with Crippen molar-refractivity contribution in [2.24, 2.45) is 5.92 Å². The maximum Gasteiger partial charge on any atom is 0.262 e. The topological polar surface area (TPSA) is 152 Å². The van der Waals surface area contributed by atoms with Crippen molar-refractivity contribution in [3.8, 4) is 17.2 Å². The Balaban J connectivity index is 0.898. The van der Waals surface area contributed by atoms with Gasteiger partial charge >= 0.3 is 0 Å². The monoisotopic (exact) mass is 769 g/mol. The molecule has 0 bridgehead atoms. The summed E-state index contributed by atoms with van der Waals surface area (Å²) >= 11 is 0. The number of rotatable bonds is 9. The van der Waals surface area contributed by atoms with Crippen molar-refractivity contribution in [1.82, 2.24) is 20.3 Å². The van der Waals surface area contributed by atoms with Gasteiger partial charge in [0.2, 0.25) is 11.8 Å². The molecule has 3 aromatic carbocycles. The second-order valence-corrected chi connectivity index (χ2v) is 16.4. The number of carbonyl (C=O) groups excluding carboxylic acids is 4. The maximum absolute atomic E-state index is 15.6. The van der Waals surface area contributed by atoms with Crippen LogP contribution in [0.25, 0.3) is 11.1 Å². The van der Waals surface area contributed by atoms with Crippen molar-refractivity contribution in [1.29, 1.82) is 5.26 Å². The number of carbonyl (C=O) groups is 4. The SMILES string of the molecule is Cc1ccc(-c2c(C)noc2C)cc1C(Nc1ccc(C2(C#N)CC2)cc1)C1CN(C2CCN(c3cc4c(cc3F)C(=O)N(C3CCC(=O)NC3=O)C4=O)CC2)C1. The quantitative estimate of drug-likeness (QED) is 0.191. The molecule has 1 aromatic heterocycles. The molecule has 1 saturated carbocycles. The molecule has 2 atom stereocenters. The second-order valence-electron chi connectivity index (χ2n) is 16.4. The van der Waals surface area contributed by atoms with E-state index in [1.54, 1.807) is 0 Å². The highest BCUT2D eigenvalue weighted by molar-refractivity contribution is 6.23. The Morgan fingerprint density at radius 3 is 2.28 bits per heavy atom. The summed E-state index contributed by atoms with van der Waals surface area (Å²) in [5.41, 5.74) is 7.33. The van der Waals surface area contributed by atoms with E-state index in [9.17, 15) is 24.4 Å². The van der Waals surface area contributed by atoms with E-state index in [1.165, 1.54) is 17.2 Å². The molecule has 0 radical (unpaired) electrons. The summed E-state index contributed by atoms with van der Waals surface area (Å²) in [6.45, 7) is 8.97. The molecule has 5 heterocycles. The minimum Gasteiger partial charge on any atom is -0.378 e. The van der Waals surface area contributed by atoms with Crippen LogP contribution < -0.4 is 15.5 Å². The van der Waals surface area contributed by atoms with Crippen LogP contribution in [0.5, 0.6) is 0 Å². The molecule has 9 rings (SSSR count). The first kappa shape index (κ1) is 36.7. The second kappa shape index (κ2) is 14.0. The first-order valence-electron chi connectivity index (χ1n) is 19.8. The largest absolute Gasteiger partial charge is 0.378 e. The van der Waals surface area contributed by atoms with Gasteiger partial charge in [-0.3, -0.25) is 34.3 Å². The van der Waals surface area contributed by atoms with Crippen LogP contribution >= 0.6 is 0 Å². The van der Waals surface area contributed by atoms with Crippen molar-refractivity contribution in [3.63, 3.8) is 0 Å². The lowest BCUT2D eigenvalue weighted by Gasteiger charge is -2.50. The molecular weight excluding hydrogens is 726 g/mol. The van der Waals surface area contributed by atoms with Gasteiger partial charge in [-0.25, -0.2) is 4.39 Å². The van der Waals surface area contributed by atoms with Gasteiger partial charge in [-0.2, -0.15) is 5.26 Å². The summed E-state index contributed by atoms with van der Waals surface area (Å²) in [5.74, 6) is -2.01. The highest BCUT2D eigenvalue weighted by atomic mass is 19.1. The zero-order chi connectivity index (χ0) is 39.7. The molecular formula is C44H44FN7O5. The van der Waals surface area contributed by atoms with Crippen LogP contribution in [0.3, 0.4) is 0 Å². The van der Waals surface area contributed by atoms with Crippen LogP contribution in [0, 0.1) is 43.8 Å². The number of likely N-dealkylation sites (tertiary alicyclic amines) is 1. The van der Waals surface area contributed by atoms with E-state index in [1.807, 2.05) is 18.7 Å². The Bertz CT molecular complexity index is 2350. The average molecular weight is 770 g/mol. The first-order chi connectivity index (χ1) is 27.4. The molecule has 5 aliphatic rings. The van der Waals surface area contributed by atoms with Gasteiger partial charge in [0.05, 0.1) is 40.0 Å². The predicted octanol–water partition coefficient (Wildman–Crippen LogP) is 6.12. The number of imide groups is 2. The van der Waals surface area contributed by atoms with Gasteiger partial charge in [-0.15, -0.1) is 0 Å². The fourth-order valence-corrected chi connectivity index (χ4v) is 9.38. The number of hydrogen-bond acceptors (Lipinski definition) is 10. The van der Waals surface area contributed by atoms with Crippen LogP contribution in [0.4, 0.5) is 15.8 Å². The number of anilines is 2. The molecule has 2 unspecified atom stereocenters. The molecule has 4 aromatic rings. The molecule has 13 heteroatoms. The Morgan fingerprint density at radius 2 is 1.65 bits per heavy atom. The van der Waals surface area contributed by atoms with Crippen LogP contribution in [0.15, 0.2) is 59.1 Å². The molecule has 12 nitrogen and oxygen atoms in total. The third-order valence-electron chi connectivity index (χ3n) is 12.9. The van der Waals surface area contributed by atoms with Crippen molar-refractivity contribution in [2.75, 3.05) is 36.4 Å². The maximum atomic E-state index is 15.6. The lowest BCUT2D eigenvalue weighted by Crippen LogP contribution is -2.57. The van der Waals surface area contributed by atoms with Crippen LogP contribution in [-0.2, 0) is 15.0 Å². The Hall–Kier alpha value is -5.87. The molecule has 4 amide bonds. The number of nitriles is 1. The third-order valence-corrected chi connectivity index (χ3v) is 12.9. The predicted molar refractivity (Wildman–Crippen MR) is 209 cm³/mol. The number of halogens is 1. The standard InChI is InChI=1S/C44H44FN7O5/c1-24-4-5-27(39-25(2)49-57-26(39)3)18-32(24)40(47-30-8-6-29(7-9-30)44(23-46)14-15-44)28-21-51(22-28)31-12-16-50(17-13-31)37-20-34-33(19-35(37)45)42(55)52(43(34)56)36-10-11-38(53)48-41(36)54/h4-9,18-20,28,31,36,40,47H,10-17,21-22H2,1-3H3,(H,48,53,54). The third kappa shape index (κ3) is 6.36. The zero-order valence-corrected chi connectivity index (χ0v) is 32.2. The van der Waals surface area contributed by atoms with Gasteiger partial charge in [0, 0.05) is 55.8 Å². The Kier molecular flexibility index (Phi) is 8.99. The summed E-state index contributed by atoms with van der Waals surface area (Å²) in [4.78, 5) is 56.1. The van der Waals surface area contributed by atoms with E-state index in [2.05, 4.69) is 76.1 Å². The molecule has 1 aliphatic carbocycles. The van der Waals surface area contributed by atoms with Gasteiger partial charge in [0.25, 0.3) is 11.8 Å². The van der Waals surface area contributed by atoms with E-state index < -0.39 is 35.5 Å². The fourth-order valence-electron chi connectivity index (χ4n) is 9.38. The average Bonchev–Trinajstić information content (AvgIpc) is 3.86. The lowest BCUT2D eigenvalue weighted by atomic mass is 9.82. The number of nitrogens with zero attached hydrogens (tertiary/aromatic N) is 5. The first-order valence-corrected chi connectivity index (χ1v) is 19.8. The summed E-state index contributed by atoms with van der Waals surface area (Å²) < 4.78 is 21.2. The molecule has 4 aliphatic heterocycles. The zero-order valence-electron chi connectivity index (χ0n) is 32.2. The number of hydrogen-bond donors (Lipinski definition) is 2. The Morgan fingerprint density at radius 1 is 0.947 bits per heavy atom. The molecule has 292 valence electrons. The van der Waals surface area contributed by atoms with Gasteiger partial charge in [0.15, 0.2) is 0 Å². The van der Waals surface area contributed by atoms with Crippen LogP contribution in [-0.4, -0.2) is 76.8 Å². The normalized spacial score (nSPS) is 21.6. The number of aromatic nitrogens is 1. The van der Waals surface area contributed by atoms with E-state index in [0.29, 0.717) is 25.0 Å². The molecule has 2 N–H and O–H groups in total. The van der Waals surface area contributed by atoms with E-state index in [0.717, 1.165) is 83.6 Å². The summed E-state index contributed by atoms with van der Waals surface area (Å²) in [6.07, 6.45) is 3.47. The molecule has 4 fully saturated rings. The van der Waals surface area contributed by atoms with Crippen LogP contribution in [0.1, 0.15) is 93.4 Å². The van der Waals surface area contributed by atoms with Crippen molar-refractivity contribution >= 4 is 35.0 Å². The van der Waals surface area contributed by atoms with Gasteiger partial charge in [-0.1, -0.05) is 29.4 Å². The number of benzene rings is 3. The number of nitrogens with one attached hydrogen (secondary N) is 2. The van der Waals surface area contributed by atoms with Crippen molar-refractivity contribution in [2.45, 2.75) is 82.8 Å². The Labute approximate surface area is 330 Å². The summed E-state index contributed by atoms with van der Waals surface area (Å²) in [5, 5.41) is 20.0. The summed E-state index contributed by atoms with van der Waals surface area (Å²) in [6, 6.07) is 19.2. The van der Waals surface area contributed by atoms with Gasteiger partial charge < -0.3 is 14.7 Å². The lowest BCUT2D eigenvalue weighted by molar-refractivity contribution is -0.136. The molecule has 0 spiro atoms. The minimum atomic E-state index is -1.10. The van der Waals surface area contributed by atoms with Crippen LogP contribution in [0.2, 0.25) is 0 Å². The van der Waals surface area contributed by atoms with Gasteiger partial charge in [-0.05, 0) is 105 Å². The van der Waals surface area contributed by atoms with E-state index in [4.69, 9.17) is 4.52 Å². The highest BCUT2D eigenvalue weighted by Gasteiger charge is 2.47. The van der Waals surface area contributed by atoms with E-state index >= 15 is 4.39 Å². The minimum absolute atomic E-state index is 0.0129. The molecule has 3 saturated heterocycles. The van der Waals surface area contributed by atoms with Crippen molar-refractivity contribution in [3.05, 3.63) is 99.7 Å². The number of aryl methyl sites for hydroxylation is 3. The molecule has 57 heavy (non-hydrogen) atoms. The van der Waals surface area contributed by atoms with Gasteiger partial charge in [0.1, 0.15) is 17.6 Å². The summed E-state index contributed by atoms with van der Waals surface area (Å²) in [7, 11) is 0.